The lowest BCUT2D eigenvalue weighted by atomic mass is 10.1. The van der Waals surface area contributed by atoms with E-state index in [-0.39, 0.29) is 5.91 Å². The monoisotopic (exact) mass is 207 g/mol. The normalized spacial score (nSPS) is 14.5. The molecule has 15 heavy (non-hydrogen) atoms. The summed E-state index contributed by atoms with van der Waals surface area (Å²) in [5, 5.41) is 0. The zero-order valence-electron chi connectivity index (χ0n) is 8.82. The molecule has 0 atom stereocenters. The van der Waals surface area contributed by atoms with E-state index in [1.807, 2.05) is 6.92 Å². The molecular weight excluding hydrogens is 194 g/mol. The van der Waals surface area contributed by atoms with Crippen LogP contribution < -0.4 is 9.47 Å². The first-order chi connectivity index (χ1) is 7.26. The number of nitrogens with zero attached hydrogens (tertiary/aromatic N) is 1. The van der Waals surface area contributed by atoms with Gasteiger partial charge >= 0.3 is 0 Å². The van der Waals surface area contributed by atoms with Gasteiger partial charge < -0.3 is 14.4 Å². The minimum Gasteiger partial charge on any atom is -0.497 e. The van der Waals surface area contributed by atoms with Crippen molar-refractivity contribution in [3.63, 3.8) is 0 Å². The molecule has 1 aliphatic rings. The van der Waals surface area contributed by atoms with Crippen LogP contribution in [0.15, 0.2) is 18.2 Å². The van der Waals surface area contributed by atoms with Crippen LogP contribution in [-0.2, 0) is 0 Å². The molecule has 1 aliphatic heterocycles. The minimum atomic E-state index is -0.00218. The van der Waals surface area contributed by atoms with Gasteiger partial charge in [-0.25, -0.2) is 0 Å². The van der Waals surface area contributed by atoms with Crippen molar-refractivity contribution in [1.82, 2.24) is 4.90 Å². The third-order valence-corrected chi connectivity index (χ3v) is 2.46. The van der Waals surface area contributed by atoms with Crippen molar-refractivity contribution in [3.05, 3.63) is 23.8 Å². The lowest BCUT2D eigenvalue weighted by Gasteiger charge is -2.27. The van der Waals surface area contributed by atoms with Crippen LogP contribution in [0.4, 0.5) is 0 Å². The number of carbonyl (C=O) groups is 1. The van der Waals surface area contributed by atoms with Crippen LogP contribution in [0.3, 0.4) is 0 Å². The van der Waals surface area contributed by atoms with Gasteiger partial charge in [0.25, 0.3) is 5.91 Å². The SMILES string of the molecule is CCN1COc2ccc(OC)cc2C1=O. The smallest absolute Gasteiger partial charge is 0.260 e. The predicted molar refractivity (Wildman–Crippen MR) is 55.2 cm³/mol. The molecule has 1 aromatic rings. The molecule has 4 heteroatoms. The predicted octanol–water partition coefficient (Wildman–Crippen LogP) is 1.51. The second-order valence-corrected chi connectivity index (χ2v) is 3.30. The molecule has 0 aliphatic carbocycles. The van der Waals surface area contributed by atoms with E-state index in [9.17, 15) is 4.79 Å². The first-order valence-corrected chi connectivity index (χ1v) is 4.86. The topological polar surface area (TPSA) is 38.8 Å². The number of fused-ring (bicyclic) bond motifs is 1. The molecule has 0 saturated heterocycles. The molecule has 0 radical (unpaired) electrons. The molecule has 80 valence electrons. The Hall–Kier alpha value is -1.71. The highest BCUT2D eigenvalue weighted by Gasteiger charge is 2.24. The average Bonchev–Trinajstić information content (AvgIpc) is 2.29. The summed E-state index contributed by atoms with van der Waals surface area (Å²) in [7, 11) is 1.58. The van der Waals surface area contributed by atoms with Gasteiger partial charge in [0, 0.05) is 6.54 Å². The van der Waals surface area contributed by atoms with Crippen LogP contribution in [0, 0.1) is 0 Å². The van der Waals surface area contributed by atoms with Gasteiger partial charge in [-0.15, -0.1) is 0 Å². The van der Waals surface area contributed by atoms with Crippen molar-refractivity contribution in [2.45, 2.75) is 6.92 Å². The van der Waals surface area contributed by atoms with E-state index >= 15 is 0 Å². The molecule has 4 nitrogen and oxygen atoms in total. The highest BCUT2D eigenvalue weighted by atomic mass is 16.5. The minimum absolute atomic E-state index is 0.00218. The molecule has 0 bridgehead atoms. The van der Waals surface area contributed by atoms with Gasteiger partial charge in [0.1, 0.15) is 11.5 Å². The number of carbonyl (C=O) groups excluding carboxylic acids is 1. The number of hydrogen-bond acceptors (Lipinski definition) is 3. The zero-order valence-corrected chi connectivity index (χ0v) is 8.82. The Kier molecular flexibility index (Phi) is 2.49. The first kappa shape index (κ1) is 9.83. The van der Waals surface area contributed by atoms with Gasteiger partial charge in [-0.05, 0) is 25.1 Å². The van der Waals surface area contributed by atoms with Crippen molar-refractivity contribution in [3.8, 4) is 11.5 Å². The molecule has 1 aromatic carbocycles. The standard InChI is InChI=1S/C11H13NO3/c1-3-12-7-15-10-5-4-8(14-2)6-9(10)11(12)13/h4-6H,3,7H2,1-2H3. The van der Waals surface area contributed by atoms with Gasteiger partial charge in [0.15, 0.2) is 6.73 Å². The Morgan fingerprint density at radius 1 is 1.53 bits per heavy atom. The molecule has 0 N–H and O–H groups in total. The second-order valence-electron chi connectivity index (χ2n) is 3.30. The molecular formula is C11H13NO3. The van der Waals surface area contributed by atoms with Crippen LogP contribution in [0.25, 0.3) is 0 Å². The van der Waals surface area contributed by atoms with Gasteiger partial charge in [-0.1, -0.05) is 0 Å². The third-order valence-electron chi connectivity index (χ3n) is 2.46. The largest absolute Gasteiger partial charge is 0.497 e. The van der Waals surface area contributed by atoms with Gasteiger partial charge in [0.05, 0.1) is 12.7 Å². The van der Waals surface area contributed by atoms with Crippen molar-refractivity contribution in [2.24, 2.45) is 0 Å². The van der Waals surface area contributed by atoms with Crippen LogP contribution in [0.5, 0.6) is 11.5 Å². The first-order valence-electron chi connectivity index (χ1n) is 4.86. The molecule has 0 fully saturated rings. The molecule has 0 saturated carbocycles. The summed E-state index contributed by atoms with van der Waals surface area (Å²) < 4.78 is 10.5. The molecule has 0 unspecified atom stereocenters. The van der Waals surface area contributed by atoms with Crippen molar-refractivity contribution < 1.29 is 14.3 Å². The maximum absolute atomic E-state index is 11.9. The number of hydrogen-bond donors (Lipinski definition) is 0. The summed E-state index contributed by atoms with van der Waals surface area (Å²) in [6.07, 6.45) is 0. The Bertz CT molecular complexity index is 389. The number of methoxy groups -OCH3 is 1. The summed E-state index contributed by atoms with van der Waals surface area (Å²) in [5.41, 5.74) is 0.572. The number of amides is 1. The summed E-state index contributed by atoms with van der Waals surface area (Å²) in [6.45, 7) is 2.90. The highest BCUT2D eigenvalue weighted by molar-refractivity contribution is 5.98. The molecule has 1 heterocycles. The fraction of sp³-hybridized carbons (Fsp3) is 0.364. The van der Waals surface area contributed by atoms with E-state index in [0.29, 0.717) is 30.3 Å². The maximum Gasteiger partial charge on any atom is 0.260 e. The van der Waals surface area contributed by atoms with E-state index in [2.05, 4.69) is 0 Å². The van der Waals surface area contributed by atoms with Gasteiger partial charge in [-0.3, -0.25) is 4.79 Å². The number of ether oxygens (including phenoxy) is 2. The Balaban J connectivity index is 2.40. The fourth-order valence-electron chi connectivity index (χ4n) is 1.54. The molecule has 1 amide bonds. The quantitative estimate of drug-likeness (QED) is 0.737. The van der Waals surface area contributed by atoms with E-state index in [1.165, 1.54) is 0 Å². The second kappa shape index (κ2) is 3.81. The molecule has 2 rings (SSSR count). The summed E-state index contributed by atoms with van der Waals surface area (Å²) in [4.78, 5) is 13.5. The van der Waals surface area contributed by atoms with Crippen LogP contribution in [0.2, 0.25) is 0 Å². The van der Waals surface area contributed by atoms with E-state index in [0.717, 1.165) is 0 Å². The Morgan fingerprint density at radius 2 is 2.33 bits per heavy atom. The maximum atomic E-state index is 11.9. The Morgan fingerprint density at radius 3 is 3.00 bits per heavy atom. The van der Waals surface area contributed by atoms with E-state index < -0.39 is 0 Å². The average molecular weight is 207 g/mol. The summed E-state index contributed by atoms with van der Waals surface area (Å²) >= 11 is 0. The number of rotatable bonds is 2. The van der Waals surface area contributed by atoms with E-state index in [4.69, 9.17) is 9.47 Å². The Labute approximate surface area is 88.4 Å². The highest BCUT2D eigenvalue weighted by Crippen LogP contribution is 2.28. The van der Waals surface area contributed by atoms with Crippen molar-refractivity contribution in [1.29, 1.82) is 0 Å². The van der Waals surface area contributed by atoms with Crippen LogP contribution in [0.1, 0.15) is 17.3 Å². The molecule has 0 spiro atoms. The van der Waals surface area contributed by atoms with E-state index in [1.54, 1.807) is 30.2 Å². The lowest BCUT2D eigenvalue weighted by Crippen LogP contribution is -2.38. The number of benzene rings is 1. The van der Waals surface area contributed by atoms with Gasteiger partial charge in [-0.2, -0.15) is 0 Å². The third kappa shape index (κ3) is 1.63. The lowest BCUT2D eigenvalue weighted by molar-refractivity contribution is 0.0537. The fourth-order valence-corrected chi connectivity index (χ4v) is 1.54. The zero-order chi connectivity index (χ0) is 10.8. The van der Waals surface area contributed by atoms with Gasteiger partial charge in [0.2, 0.25) is 0 Å². The van der Waals surface area contributed by atoms with Crippen molar-refractivity contribution >= 4 is 5.91 Å². The van der Waals surface area contributed by atoms with Crippen LogP contribution >= 0.6 is 0 Å². The summed E-state index contributed by atoms with van der Waals surface area (Å²) in [5.74, 6) is 1.30. The van der Waals surface area contributed by atoms with Crippen LogP contribution in [-0.4, -0.2) is 31.2 Å². The summed E-state index contributed by atoms with van der Waals surface area (Å²) in [6, 6.07) is 5.26. The molecule has 0 aromatic heterocycles. The van der Waals surface area contributed by atoms with Crippen molar-refractivity contribution in [2.75, 3.05) is 20.4 Å².